The molecular formula is C29H25N3O4S. The van der Waals surface area contributed by atoms with Crippen LogP contribution in [-0.2, 0) is 16.1 Å². The van der Waals surface area contributed by atoms with Crippen molar-refractivity contribution >= 4 is 44.3 Å². The fourth-order valence-electron chi connectivity index (χ4n) is 4.14. The van der Waals surface area contributed by atoms with Gasteiger partial charge in [0.1, 0.15) is 12.3 Å². The number of rotatable bonds is 7. The predicted octanol–water partition coefficient (Wildman–Crippen LogP) is 5.62. The number of esters is 1. The van der Waals surface area contributed by atoms with E-state index in [1.165, 1.54) is 11.3 Å². The Morgan fingerprint density at radius 2 is 1.73 bits per heavy atom. The van der Waals surface area contributed by atoms with Gasteiger partial charge in [0.2, 0.25) is 0 Å². The molecule has 8 heteroatoms. The molecule has 2 aromatic heterocycles. The van der Waals surface area contributed by atoms with Gasteiger partial charge in [-0.3, -0.25) is 9.59 Å². The van der Waals surface area contributed by atoms with Crippen LogP contribution in [0.1, 0.15) is 24.2 Å². The lowest BCUT2D eigenvalue weighted by molar-refractivity contribution is -0.143. The maximum atomic E-state index is 13.7. The van der Waals surface area contributed by atoms with Gasteiger partial charge in [0, 0.05) is 10.9 Å². The van der Waals surface area contributed by atoms with E-state index in [0.717, 1.165) is 15.8 Å². The van der Waals surface area contributed by atoms with Crippen LogP contribution in [0.4, 0.5) is 0 Å². The van der Waals surface area contributed by atoms with E-state index in [0.29, 0.717) is 39.3 Å². The van der Waals surface area contributed by atoms with Crippen molar-refractivity contribution in [2.45, 2.75) is 20.4 Å². The molecule has 5 aromatic rings. The Labute approximate surface area is 217 Å². The summed E-state index contributed by atoms with van der Waals surface area (Å²) in [6, 6.07) is 24.6. The summed E-state index contributed by atoms with van der Waals surface area (Å²) < 4.78 is 13.4. The summed E-state index contributed by atoms with van der Waals surface area (Å²) in [6.07, 6.45) is 0. The summed E-state index contributed by atoms with van der Waals surface area (Å²) in [5.41, 5.74) is 3.52. The molecule has 0 bridgehead atoms. The highest BCUT2D eigenvalue weighted by Crippen LogP contribution is 2.26. The van der Waals surface area contributed by atoms with Gasteiger partial charge in [-0.2, -0.15) is 4.99 Å². The molecule has 1 amide bonds. The Bertz CT molecular complexity index is 1670. The van der Waals surface area contributed by atoms with Gasteiger partial charge in [0.15, 0.2) is 4.80 Å². The Balaban J connectivity index is 1.67. The minimum atomic E-state index is -0.412. The Kier molecular flexibility index (Phi) is 7.09. The topological polar surface area (TPSA) is 82.8 Å². The molecule has 7 nitrogen and oxygen atoms in total. The number of hydrogen-bond donors (Lipinski definition) is 0. The number of thiazole rings is 1. The van der Waals surface area contributed by atoms with Gasteiger partial charge in [-0.25, -0.2) is 4.98 Å². The van der Waals surface area contributed by atoms with Crippen LogP contribution in [0.25, 0.3) is 32.4 Å². The lowest BCUT2D eigenvalue weighted by atomic mass is 10.0. The van der Waals surface area contributed by atoms with Crippen molar-refractivity contribution in [3.05, 3.63) is 89.2 Å². The zero-order valence-corrected chi connectivity index (χ0v) is 21.3. The van der Waals surface area contributed by atoms with Crippen molar-refractivity contribution in [1.82, 2.24) is 9.55 Å². The number of ether oxygens (including phenoxy) is 2. The number of nitrogens with zero attached hydrogens (tertiary/aromatic N) is 3. The summed E-state index contributed by atoms with van der Waals surface area (Å²) >= 11 is 1.33. The Hall–Kier alpha value is -4.30. The molecule has 0 aliphatic rings. The SMILES string of the molecule is CCOC(=O)Cn1c(=NC(=O)c2cc(-c3ccccc3)nc3ccccc23)sc2cc(OCC)ccc21. The van der Waals surface area contributed by atoms with E-state index in [2.05, 4.69) is 4.99 Å². The number of aromatic nitrogens is 2. The van der Waals surface area contributed by atoms with E-state index in [1.54, 1.807) is 17.6 Å². The second kappa shape index (κ2) is 10.8. The number of pyridine rings is 1. The van der Waals surface area contributed by atoms with Crippen molar-refractivity contribution in [2.24, 2.45) is 4.99 Å². The minimum absolute atomic E-state index is 0.0553. The van der Waals surface area contributed by atoms with Crippen molar-refractivity contribution in [1.29, 1.82) is 0 Å². The van der Waals surface area contributed by atoms with E-state index < -0.39 is 11.9 Å². The molecule has 0 unspecified atom stereocenters. The Morgan fingerprint density at radius 1 is 0.946 bits per heavy atom. The van der Waals surface area contributed by atoms with Crippen LogP contribution >= 0.6 is 11.3 Å². The molecule has 0 spiro atoms. The van der Waals surface area contributed by atoms with Crippen molar-refractivity contribution in [3.8, 4) is 17.0 Å². The summed E-state index contributed by atoms with van der Waals surface area (Å²) in [5, 5.41) is 0.715. The monoisotopic (exact) mass is 511 g/mol. The highest BCUT2D eigenvalue weighted by Gasteiger charge is 2.17. The van der Waals surface area contributed by atoms with Gasteiger partial charge in [-0.1, -0.05) is 59.9 Å². The zero-order valence-electron chi connectivity index (χ0n) is 20.5. The van der Waals surface area contributed by atoms with E-state index in [9.17, 15) is 9.59 Å². The average molecular weight is 512 g/mol. The molecule has 2 heterocycles. The minimum Gasteiger partial charge on any atom is -0.494 e. The molecule has 0 N–H and O–H groups in total. The van der Waals surface area contributed by atoms with Gasteiger partial charge in [-0.05, 0) is 44.2 Å². The number of hydrogen-bond acceptors (Lipinski definition) is 6. The molecule has 0 radical (unpaired) electrons. The Morgan fingerprint density at radius 3 is 2.51 bits per heavy atom. The number of amides is 1. The highest BCUT2D eigenvalue weighted by molar-refractivity contribution is 7.16. The van der Waals surface area contributed by atoms with Crippen LogP contribution in [0.15, 0.2) is 83.9 Å². The molecule has 3 aromatic carbocycles. The zero-order chi connectivity index (χ0) is 25.8. The molecule has 0 saturated heterocycles. The number of fused-ring (bicyclic) bond motifs is 2. The predicted molar refractivity (Wildman–Crippen MR) is 145 cm³/mol. The quantitative estimate of drug-likeness (QED) is 0.265. The average Bonchev–Trinajstić information content (AvgIpc) is 3.24. The van der Waals surface area contributed by atoms with E-state index >= 15 is 0 Å². The summed E-state index contributed by atoms with van der Waals surface area (Å²) in [7, 11) is 0. The smallest absolute Gasteiger partial charge is 0.326 e. The standard InChI is InChI=1S/C29H25N3O4S/c1-3-35-20-14-15-25-26(16-20)37-29(32(25)18-27(33)36-4-2)31-28(34)22-17-24(19-10-6-5-7-11-19)30-23-13-9-8-12-21(22)23/h5-17H,3-4,18H2,1-2H3. The third-order valence-corrected chi connectivity index (χ3v) is 6.81. The van der Waals surface area contributed by atoms with Crippen LogP contribution in [0.3, 0.4) is 0 Å². The van der Waals surface area contributed by atoms with Gasteiger partial charge in [0.05, 0.1) is 40.2 Å². The first-order valence-corrected chi connectivity index (χ1v) is 12.8. The van der Waals surface area contributed by atoms with Crippen molar-refractivity contribution in [3.63, 3.8) is 0 Å². The third-order valence-electron chi connectivity index (χ3n) is 5.77. The summed E-state index contributed by atoms with van der Waals surface area (Å²) in [6.45, 7) is 4.43. The van der Waals surface area contributed by atoms with Crippen LogP contribution in [0.2, 0.25) is 0 Å². The molecule has 0 fully saturated rings. The number of para-hydroxylation sites is 1. The lowest BCUT2D eigenvalue weighted by Crippen LogP contribution is -2.23. The molecule has 0 aliphatic carbocycles. The molecule has 0 atom stereocenters. The van der Waals surface area contributed by atoms with Gasteiger partial charge in [-0.15, -0.1) is 0 Å². The first-order valence-electron chi connectivity index (χ1n) is 12.0. The van der Waals surface area contributed by atoms with E-state index in [1.807, 2.05) is 79.7 Å². The number of benzene rings is 3. The largest absolute Gasteiger partial charge is 0.494 e. The first kappa shape index (κ1) is 24.4. The van der Waals surface area contributed by atoms with Gasteiger partial charge < -0.3 is 14.0 Å². The molecular weight excluding hydrogens is 486 g/mol. The molecule has 37 heavy (non-hydrogen) atoms. The van der Waals surface area contributed by atoms with E-state index in [4.69, 9.17) is 14.5 Å². The van der Waals surface area contributed by atoms with Crippen LogP contribution in [-0.4, -0.2) is 34.6 Å². The van der Waals surface area contributed by atoms with Gasteiger partial charge >= 0.3 is 5.97 Å². The maximum absolute atomic E-state index is 13.7. The third kappa shape index (κ3) is 5.15. The fourth-order valence-corrected chi connectivity index (χ4v) is 5.20. The molecule has 5 rings (SSSR count). The normalized spacial score (nSPS) is 11.7. The van der Waals surface area contributed by atoms with Crippen LogP contribution < -0.4 is 9.54 Å². The first-order chi connectivity index (χ1) is 18.1. The second-order valence-corrected chi connectivity index (χ2v) is 9.20. The lowest BCUT2D eigenvalue weighted by Gasteiger charge is -2.08. The molecule has 0 saturated carbocycles. The van der Waals surface area contributed by atoms with Crippen molar-refractivity contribution < 1.29 is 19.1 Å². The fraction of sp³-hybridized carbons (Fsp3) is 0.172. The number of carbonyl (C=O) groups is 2. The van der Waals surface area contributed by atoms with Crippen LogP contribution in [0.5, 0.6) is 5.75 Å². The highest BCUT2D eigenvalue weighted by atomic mass is 32.1. The second-order valence-electron chi connectivity index (χ2n) is 8.19. The van der Waals surface area contributed by atoms with Gasteiger partial charge in [0.25, 0.3) is 5.91 Å². The summed E-state index contributed by atoms with van der Waals surface area (Å²) in [4.78, 5) is 35.8. The molecule has 0 aliphatic heterocycles. The van der Waals surface area contributed by atoms with Crippen molar-refractivity contribution in [2.75, 3.05) is 13.2 Å². The molecule has 186 valence electrons. The maximum Gasteiger partial charge on any atom is 0.326 e. The summed E-state index contributed by atoms with van der Waals surface area (Å²) in [5.74, 6) is -0.0965. The van der Waals surface area contributed by atoms with Crippen LogP contribution in [0, 0.1) is 0 Å². The van der Waals surface area contributed by atoms with E-state index in [-0.39, 0.29) is 13.2 Å². The number of carbonyl (C=O) groups excluding carboxylic acids is 2.